The fourth-order valence-corrected chi connectivity index (χ4v) is 4.08. The number of amides is 1. The fraction of sp³-hybridized carbons (Fsp3) is 0.429. The molecule has 19 heavy (non-hydrogen) atoms. The molecular formula is C14H17NO3S. The number of thioether (sulfide) groups is 1. The van der Waals surface area contributed by atoms with Crippen molar-refractivity contribution in [3.05, 3.63) is 35.9 Å². The van der Waals surface area contributed by atoms with Crippen molar-refractivity contribution in [3.8, 4) is 0 Å². The van der Waals surface area contributed by atoms with Gasteiger partial charge in [-0.2, -0.15) is 0 Å². The minimum atomic E-state index is -0.953. The van der Waals surface area contributed by atoms with Crippen LogP contribution in [0.25, 0.3) is 0 Å². The zero-order chi connectivity index (χ0) is 14.2. The molecule has 1 heterocycles. The van der Waals surface area contributed by atoms with Gasteiger partial charge in [-0.3, -0.25) is 4.79 Å². The minimum Gasteiger partial charge on any atom is -0.480 e. The number of hydrogen-bond acceptors (Lipinski definition) is 3. The molecule has 102 valence electrons. The second-order valence-corrected chi connectivity index (χ2v) is 6.89. The Balaban J connectivity index is 2.45. The van der Waals surface area contributed by atoms with Crippen molar-refractivity contribution in [1.82, 2.24) is 4.90 Å². The van der Waals surface area contributed by atoms with Gasteiger partial charge in [0.25, 0.3) is 0 Å². The molecule has 1 fully saturated rings. The lowest BCUT2D eigenvalue weighted by Crippen LogP contribution is -2.48. The van der Waals surface area contributed by atoms with Gasteiger partial charge in [0.1, 0.15) is 11.4 Å². The first-order chi connectivity index (χ1) is 8.84. The van der Waals surface area contributed by atoms with Crippen LogP contribution in [0.15, 0.2) is 30.3 Å². The van der Waals surface area contributed by atoms with Crippen molar-refractivity contribution in [3.63, 3.8) is 0 Å². The third-order valence-corrected chi connectivity index (χ3v) is 4.84. The quantitative estimate of drug-likeness (QED) is 0.903. The molecule has 0 aromatic heterocycles. The Labute approximate surface area is 116 Å². The standard InChI is InChI=1S/C14H17NO3S/c1-9(16)15-11(13(17)18)14(2,3)19-12(15)10-7-5-4-6-8-10/h4-8,11-12H,1-3H3,(H,17,18)/t11?,12-/m0/s1. The van der Waals surface area contributed by atoms with Crippen molar-refractivity contribution < 1.29 is 14.7 Å². The summed E-state index contributed by atoms with van der Waals surface area (Å²) in [7, 11) is 0. The predicted octanol–water partition coefficient (Wildman–Crippen LogP) is 2.51. The van der Waals surface area contributed by atoms with Gasteiger partial charge < -0.3 is 10.0 Å². The van der Waals surface area contributed by atoms with Crippen LogP contribution in [0, 0.1) is 0 Å². The molecular weight excluding hydrogens is 262 g/mol. The Morgan fingerprint density at radius 3 is 2.32 bits per heavy atom. The average Bonchev–Trinajstić information content (AvgIpc) is 2.62. The summed E-state index contributed by atoms with van der Waals surface area (Å²) in [6.07, 6.45) is 0. The van der Waals surface area contributed by atoms with E-state index in [2.05, 4.69) is 0 Å². The van der Waals surface area contributed by atoms with E-state index in [0.717, 1.165) is 5.56 Å². The topological polar surface area (TPSA) is 57.6 Å². The maximum Gasteiger partial charge on any atom is 0.327 e. The SMILES string of the molecule is CC(=O)N1C(C(=O)O)C(C)(C)S[C@H]1c1ccccc1. The summed E-state index contributed by atoms with van der Waals surface area (Å²) in [5.41, 5.74) is 0.958. The highest BCUT2D eigenvalue weighted by Crippen LogP contribution is 2.52. The second kappa shape index (κ2) is 4.89. The largest absolute Gasteiger partial charge is 0.480 e. The van der Waals surface area contributed by atoms with Crippen LogP contribution in [-0.4, -0.2) is 32.7 Å². The smallest absolute Gasteiger partial charge is 0.327 e. The highest BCUT2D eigenvalue weighted by atomic mass is 32.2. The van der Waals surface area contributed by atoms with E-state index in [4.69, 9.17) is 0 Å². The lowest BCUT2D eigenvalue weighted by molar-refractivity contribution is -0.150. The molecule has 1 unspecified atom stereocenters. The highest BCUT2D eigenvalue weighted by Gasteiger charge is 2.52. The lowest BCUT2D eigenvalue weighted by atomic mass is 10.0. The third kappa shape index (κ3) is 2.47. The van der Waals surface area contributed by atoms with E-state index < -0.39 is 16.8 Å². The van der Waals surface area contributed by atoms with Crippen molar-refractivity contribution in [2.24, 2.45) is 0 Å². The van der Waals surface area contributed by atoms with E-state index in [1.165, 1.54) is 23.6 Å². The summed E-state index contributed by atoms with van der Waals surface area (Å²) < 4.78 is -0.516. The Bertz CT molecular complexity index is 501. The molecule has 0 spiro atoms. The number of benzene rings is 1. The molecule has 4 nitrogen and oxygen atoms in total. The molecule has 2 atom stereocenters. The number of aliphatic carboxylic acids is 1. The van der Waals surface area contributed by atoms with Gasteiger partial charge in [0, 0.05) is 11.7 Å². The van der Waals surface area contributed by atoms with Crippen molar-refractivity contribution in [1.29, 1.82) is 0 Å². The van der Waals surface area contributed by atoms with Gasteiger partial charge >= 0.3 is 5.97 Å². The van der Waals surface area contributed by atoms with Crippen LogP contribution in [0.4, 0.5) is 0 Å². The van der Waals surface area contributed by atoms with E-state index in [1.54, 1.807) is 0 Å². The number of carbonyl (C=O) groups excluding carboxylic acids is 1. The molecule has 0 bridgehead atoms. The molecule has 5 heteroatoms. The normalized spacial score (nSPS) is 25.3. The minimum absolute atomic E-state index is 0.209. The first kappa shape index (κ1) is 13.9. The number of carbonyl (C=O) groups is 2. The molecule has 0 aliphatic carbocycles. The van der Waals surface area contributed by atoms with Crippen LogP contribution < -0.4 is 0 Å². The van der Waals surface area contributed by atoms with Crippen molar-refractivity contribution in [2.45, 2.75) is 36.9 Å². The summed E-state index contributed by atoms with van der Waals surface area (Å²) >= 11 is 1.52. The van der Waals surface area contributed by atoms with Crippen LogP contribution in [0.1, 0.15) is 31.7 Å². The summed E-state index contributed by atoms with van der Waals surface area (Å²) in [5.74, 6) is -1.16. The number of nitrogens with zero attached hydrogens (tertiary/aromatic N) is 1. The van der Waals surface area contributed by atoms with Gasteiger partial charge in [-0.15, -0.1) is 11.8 Å². The Morgan fingerprint density at radius 1 is 1.26 bits per heavy atom. The summed E-state index contributed by atoms with van der Waals surface area (Å²) in [4.78, 5) is 24.9. The van der Waals surface area contributed by atoms with Crippen LogP contribution in [0.5, 0.6) is 0 Å². The Morgan fingerprint density at radius 2 is 1.84 bits per heavy atom. The molecule has 1 saturated heterocycles. The molecule has 1 aliphatic heterocycles. The Kier molecular flexibility index (Phi) is 3.58. The molecule has 1 aliphatic rings. The van der Waals surface area contributed by atoms with Gasteiger partial charge in [0.2, 0.25) is 5.91 Å². The Hall–Kier alpha value is -1.49. The van der Waals surface area contributed by atoms with Crippen LogP contribution in [-0.2, 0) is 9.59 Å². The third-order valence-electron chi connectivity index (χ3n) is 3.29. The molecule has 1 aromatic rings. The number of hydrogen-bond donors (Lipinski definition) is 1. The molecule has 1 amide bonds. The maximum absolute atomic E-state index is 11.9. The van der Waals surface area contributed by atoms with Crippen LogP contribution >= 0.6 is 11.8 Å². The molecule has 1 N–H and O–H groups in total. The van der Waals surface area contributed by atoms with Gasteiger partial charge in [-0.05, 0) is 19.4 Å². The highest BCUT2D eigenvalue weighted by molar-refractivity contribution is 8.01. The second-order valence-electron chi connectivity index (χ2n) is 5.15. The average molecular weight is 279 g/mol. The molecule has 1 aromatic carbocycles. The van der Waals surface area contributed by atoms with Gasteiger partial charge in [-0.25, -0.2) is 4.79 Å². The van der Waals surface area contributed by atoms with Crippen molar-refractivity contribution >= 4 is 23.6 Å². The fourth-order valence-electron chi connectivity index (χ4n) is 2.49. The van der Waals surface area contributed by atoms with Gasteiger partial charge in [0.15, 0.2) is 0 Å². The first-order valence-electron chi connectivity index (χ1n) is 6.09. The number of carboxylic acids is 1. The van der Waals surface area contributed by atoms with E-state index in [-0.39, 0.29) is 11.3 Å². The van der Waals surface area contributed by atoms with E-state index in [1.807, 2.05) is 44.2 Å². The molecule has 0 radical (unpaired) electrons. The zero-order valence-electron chi connectivity index (χ0n) is 11.2. The molecule has 0 saturated carbocycles. The predicted molar refractivity (Wildman–Crippen MR) is 74.8 cm³/mol. The molecule has 2 rings (SSSR count). The van der Waals surface area contributed by atoms with Crippen LogP contribution in [0.2, 0.25) is 0 Å². The number of rotatable bonds is 2. The van der Waals surface area contributed by atoms with Gasteiger partial charge in [0.05, 0.1) is 0 Å². The summed E-state index contributed by atoms with van der Waals surface area (Å²) in [6.45, 7) is 5.17. The van der Waals surface area contributed by atoms with Gasteiger partial charge in [-0.1, -0.05) is 30.3 Å². The zero-order valence-corrected chi connectivity index (χ0v) is 12.0. The van der Waals surface area contributed by atoms with E-state index >= 15 is 0 Å². The first-order valence-corrected chi connectivity index (χ1v) is 6.97. The lowest BCUT2D eigenvalue weighted by Gasteiger charge is -2.28. The number of carboxylic acid groups (broad SMARTS) is 1. The van der Waals surface area contributed by atoms with E-state index in [9.17, 15) is 14.7 Å². The van der Waals surface area contributed by atoms with E-state index in [0.29, 0.717) is 0 Å². The monoisotopic (exact) mass is 279 g/mol. The van der Waals surface area contributed by atoms with Crippen LogP contribution in [0.3, 0.4) is 0 Å². The summed E-state index contributed by atoms with van der Waals surface area (Å²) in [5, 5.41) is 9.18. The maximum atomic E-state index is 11.9. The van der Waals surface area contributed by atoms with Crippen molar-refractivity contribution in [2.75, 3.05) is 0 Å². The summed E-state index contributed by atoms with van der Waals surface area (Å²) in [6, 6.07) is 8.74.